The van der Waals surface area contributed by atoms with Crippen molar-refractivity contribution in [3.8, 4) is 0 Å². The Morgan fingerprint density at radius 1 is 0.607 bits per heavy atom. The van der Waals surface area contributed by atoms with Gasteiger partial charge in [-0.1, -0.05) is 154 Å². The summed E-state index contributed by atoms with van der Waals surface area (Å²) in [5.74, 6) is -2.11. The fourth-order valence-electron chi connectivity index (χ4n) is 6.84. The van der Waals surface area contributed by atoms with Gasteiger partial charge in [0.25, 0.3) is 0 Å². The summed E-state index contributed by atoms with van der Waals surface area (Å²) in [4.78, 5) is 25.3. The van der Waals surface area contributed by atoms with Gasteiger partial charge in [0.1, 0.15) is 31.0 Å². The Bertz CT molecular complexity index is 1100. The first kappa shape index (κ1) is 52.4. The van der Waals surface area contributed by atoms with Gasteiger partial charge in [-0.15, -0.1) is 0 Å². The van der Waals surface area contributed by atoms with Crippen LogP contribution in [0.4, 0.5) is 0 Å². The first-order valence-electron chi connectivity index (χ1n) is 22.2. The molecule has 0 radical (unpaired) electrons. The van der Waals surface area contributed by atoms with Crippen LogP contribution < -0.4 is 0 Å². The molecule has 1 fully saturated rings. The van der Waals surface area contributed by atoms with E-state index in [0.717, 1.165) is 57.8 Å². The maximum atomic E-state index is 12.8. The van der Waals surface area contributed by atoms with Crippen LogP contribution in [-0.4, -0.2) is 96.0 Å². The number of unbranched alkanes of at least 4 members (excludes halogenated alkanes) is 23. The molecule has 0 unspecified atom stereocenters. The van der Waals surface area contributed by atoms with E-state index in [1.807, 2.05) is 0 Å². The molecule has 0 aromatic heterocycles. The standard InChI is InChI=1S/C43H80O12S/c1-3-5-7-9-11-13-15-17-18-20-21-23-25-27-29-31-38(44)52-33-36(34-53-43-42(48)41(47)40(46)37(55-43)35-56(49,50)51)54-39(45)32-30-28-26-24-22-19-16-14-12-10-8-6-4-2/h17-18,36-37,40-43,46-48H,3-16,19-35H2,1-2H3,(H,49,50,51)/p-1/b18-17-/t36-,37-,40-,41+,42-,43+/m1/s1. The summed E-state index contributed by atoms with van der Waals surface area (Å²) in [5.41, 5.74) is 0. The quantitative estimate of drug-likeness (QED) is 0.0236. The summed E-state index contributed by atoms with van der Waals surface area (Å²) in [6, 6.07) is 0. The van der Waals surface area contributed by atoms with Crippen molar-refractivity contribution in [3.05, 3.63) is 12.2 Å². The fraction of sp³-hybridized carbons (Fsp3) is 0.907. The number of hydrogen-bond acceptors (Lipinski definition) is 12. The van der Waals surface area contributed by atoms with Crippen molar-refractivity contribution >= 4 is 22.1 Å². The van der Waals surface area contributed by atoms with Crippen LogP contribution in [0.2, 0.25) is 0 Å². The van der Waals surface area contributed by atoms with Crippen molar-refractivity contribution in [2.45, 2.75) is 230 Å². The Kier molecular flexibility index (Phi) is 32.1. The van der Waals surface area contributed by atoms with Crippen molar-refractivity contribution in [1.82, 2.24) is 0 Å². The van der Waals surface area contributed by atoms with Gasteiger partial charge in [0.2, 0.25) is 0 Å². The second-order valence-electron chi connectivity index (χ2n) is 15.7. The number of esters is 2. The smallest absolute Gasteiger partial charge is 0.306 e. The van der Waals surface area contributed by atoms with Gasteiger partial charge in [-0.05, 0) is 38.5 Å². The maximum absolute atomic E-state index is 12.8. The van der Waals surface area contributed by atoms with E-state index in [4.69, 9.17) is 18.9 Å². The number of hydrogen-bond donors (Lipinski definition) is 3. The highest BCUT2D eigenvalue weighted by molar-refractivity contribution is 7.85. The number of ether oxygens (including phenoxy) is 4. The minimum atomic E-state index is -4.85. The molecule has 0 aliphatic carbocycles. The van der Waals surface area contributed by atoms with E-state index >= 15 is 0 Å². The number of allylic oxidation sites excluding steroid dienone is 2. The molecule has 0 amide bonds. The normalized spacial score (nSPS) is 20.7. The minimum absolute atomic E-state index is 0.161. The number of carbonyl (C=O) groups is 2. The summed E-state index contributed by atoms with van der Waals surface area (Å²) in [6.07, 6.45) is 25.1. The zero-order valence-electron chi connectivity index (χ0n) is 35.0. The molecule has 6 atom stereocenters. The van der Waals surface area contributed by atoms with E-state index in [1.54, 1.807) is 0 Å². The van der Waals surface area contributed by atoms with Gasteiger partial charge in [0.05, 0.1) is 22.5 Å². The van der Waals surface area contributed by atoms with Crippen LogP contribution in [0.5, 0.6) is 0 Å². The van der Waals surface area contributed by atoms with Gasteiger partial charge in [-0.2, -0.15) is 0 Å². The van der Waals surface area contributed by atoms with Crippen LogP contribution in [0.15, 0.2) is 12.2 Å². The molecular weight excluding hydrogens is 741 g/mol. The molecular formula is C43H79O12S-. The molecule has 56 heavy (non-hydrogen) atoms. The van der Waals surface area contributed by atoms with E-state index in [0.29, 0.717) is 12.8 Å². The minimum Gasteiger partial charge on any atom is -0.748 e. The Morgan fingerprint density at radius 3 is 1.50 bits per heavy atom. The van der Waals surface area contributed by atoms with Crippen LogP contribution in [0, 0.1) is 0 Å². The highest BCUT2D eigenvalue weighted by Gasteiger charge is 2.45. The molecule has 0 aromatic rings. The molecule has 0 saturated carbocycles. The molecule has 1 aliphatic heterocycles. The van der Waals surface area contributed by atoms with Gasteiger partial charge >= 0.3 is 11.9 Å². The summed E-state index contributed by atoms with van der Waals surface area (Å²) in [7, 11) is -4.85. The number of aliphatic hydroxyl groups is 3. The predicted octanol–water partition coefficient (Wildman–Crippen LogP) is 8.33. The van der Waals surface area contributed by atoms with Crippen molar-refractivity contribution in [2.75, 3.05) is 19.0 Å². The summed E-state index contributed by atoms with van der Waals surface area (Å²) in [6.45, 7) is 3.72. The van der Waals surface area contributed by atoms with Crippen LogP contribution in [-0.2, 0) is 38.7 Å². The lowest BCUT2D eigenvalue weighted by molar-refractivity contribution is -0.297. The van der Waals surface area contributed by atoms with Gasteiger partial charge in [0, 0.05) is 12.8 Å². The molecule has 0 bridgehead atoms. The topological polar surface area (TPSA) is 189 Å². The molecule has 0 aromatic carbocycles. The Morgan fingerprint density at radius 2 is 1.04 bits per heavy atom. The number of rotatable bonds is 37. The average Bonchev–Trinajstić information content (AvgIpc) is 3.16. The number of aliphatic hydroxyl groups excluding tert-OH is 3. The highest BCUT2D eigenvalue weighted by atomic mass is 32.2. The zero-order chi connectivity index (χ0) is 41.3. The van der Waals surface area contributed by atoms with Crippen LogP contribution in [0.25, 0.3) is 0 Å². The zero-order valence-corrected chi connectivity index (χ0v) is 35.8. The van der Waals surface area contributed by atoms with E-state index in [-0.39, 0.29) is 19.4 Å². The molecule has 12 nitrogen and oxygen atoms in total. The third kappa shape index (κ3) is 28.7. The molecule has 1 saturated heterocycles. The monoisotopic (exact) mass is 820 g/mol. The van der Waals surface area contributed by atoms with Crippen LogP contribution in [0.3, 0.4) is 0 Å². The van der Waals surface area contributed by atoms with Crippen LogP contribution in [0.1, 0.15) is 194 Å². The SMILES string of the molecule is CCCCCCCC/C=C\CCCCCCCC(=O)OC[C@H](CO[C@H]1O[C@H](CS(=O)(=O)[O-])[C@@H](O)[C@H](O)[C@H]1O)OC(=O)CCCCCCCCCCCCCCC. The summed E-state index contributed by atoms with van der Waals surface area (Å²) < 4.78 is 55.8. The van der Waals surface area contributed by atoms with E-state index in [9.17, 15) is 37.9 Å². The lowest BCUT2D eigenvalue weighted by Gasteiger charge is -2.40. The maximum Gasteiger partial charge on any atom is 0.306 e. The van der Waals surface area contributed by atoms with Gasteiger partial charge in [-0.3, -0.25) is 9.59 Å². The van der Waals surface area contributed by atoms with Gasteiger partial charge in [0.15, 0.2) is 12.4 Å². The highest BCUT2D eigenvalue weighted by Crippen LogP contribution is 2.24. The van der Waals surface area contributed by atoms with Gasteiger partial charge in [-0.25, -0.2) is 8.42 Å². The Hall–Kier alpha value is -1.61. The van der Waals surface area contributed by atoms with Crippen molar-refractivity contribution in [3.63, 3.8) is 0 Å². The Balaban J connectivity index is 2.46. The van der Waals surface area contributed by atoms with E-state index in [2.05, 4.69) is 26.0 Å². The lowest BCUT2D eigenvalue weighted by atomic mass is 10.00. The average molecular weight is 820 g/mol. The van der Waals surface area contributed by atoms with E-state index < -0.39 is 71.2 Å². The molecule has 1 aliphatic rings. The second-order valence-corrected chi connectivity index (χ2v) is 17.1. The lowest BCUT2D eigenvalue weighted by Crippen LogP contribution is -2.60. The first-order valence-corrected chi connectivity index (χ1v) is 23.8. The summed E-state index contributed by atoms with van der Waals surface area (Å²) in [5, 5.41) is 30.8. The second kappa shape index (κ2) is 34.3. The third-order valence-electron chi connectivity index (χ3n) is 10.3. The Labute approximate surface area is 339 Å². The largest absolute Gasteiger partial charge is 0.748 e. The molecule has 13 heteroatoms. The predicted molar refractivity (Wildman–Crippen MR) is 218 cm³/mol. The van der Waals surface area contributed by atoms with E-state index in [1.165, 1.54) is 96.3 Å². The van der Waals surface area contributed by atoms with Crippen molar-refractivity contribution in [1.29, 1.82) is 0 Å². The van der Waals surface area contributed by atoms with Crippen molar-refractivity contribution in [2.24, 2.45) is 0 Å². The molecule has 1 rings (SSSR count). The summed E-state index contributed by atoms with van der Waals surface area (Å²) >= 11 is 0. The molecule has 0 spiro atoms. The number of carbonyl (C=O) groups excluding carboxylic acids is 2. The molecule has 330 valence electrons. The molecule has 1 heterocycles. The van der Waals surface area contributed by atoms with Crippen molar-refractivity contribution < 1.29 is 56.8 Å². The van der Waals surface area contributed by atoms with Crippen LogP contribution >= 0.6 is 0 Å². The fourth-order valence-corrected chi connectivity index (χ4v) is 7.52. The molecule has 3 N–H and O–H groups in total. The third-order valence-corrected chi connectivity index (χ3v) is 11.1. The first-order chi connectivity index (χ1) is 27.0. The van der Waals surface area contributed by atoms with Gasteiger partial charge < -0.3 is 38.8 Å².